The normalized spacial score (nSPS) is 15.4. The van der Waals surface area contributed by atoms with Crippen LogP contribution in [-0.2, 0) is 16.1 Å². The first-order chi connectivity index (χ1) is 13.1. The van der Waals surface area contributed by atoms with Gasteiger partial charge in [0.25, 0.3) is 0 Å². The maximum Gasteiger partial charge on any atom is 0.308 e. The molecule has 1 saturated heterocycles. The largest absolute Gasteiger partial charge is 0.469 e. The molecule has 0 unspecified atom stereocenters. The van der Waals surface area contributed by atoms with Crippen LogP contribution in [0.15, 0.2) is 29.3 Å². The summed E-state index contributed by atoms with van der Waals surface area (Å²) < 4.78 is 7.09. The molecule has 2 heterocycles. The summed E-state index contributed by atoms with van der Waals surface area (Å²) in [7, 11) is 1.46. The lowest BCUT2D eigenvalue weighted by Crippen LogP contribution is -2.46. The van der Waals surface area contributed by atoms with E-state index in [1.807, 2.05) is 25.1 Å². The van der Waals surface area contributed by atoms with Crippen molar-refractivity contribution in [2.45, 2.75) is 33.2 Å². The van der Waals surface area contributed by atoms with E-state index >= 15 is 0 Å². The molecule has 1 aliphatic rings. The minimum atomic E-state index is -0.0981. The monoisotopic (exact) mass is 499 g/mol. The predicted octanol–water partition coefficient (Wildman–Crippen LogP) is 2.81. The van der Waals surface area contributed by atoms with E-state index in [-0.39, 0.29) is 35.9 Å². The fourth-order valence-electron chi connectivity index (χ4n) is 3.65. The predicted molar refractivity (Wildman–Crippen MR) is 122 cm³/mol. The highest BCUT2D eigenvalue weighted by molar-refractivity contribution is 14.0. The van der Waals surface area contributed by atoms with Gasteiger partial charge in [-0.2, -0.15) is 0 Å². The lowest BCUT2D eigenvalue weighted by molar-refractivity contribution is -0.146. The van der Waals surface area contributed by atoms with Crippen LogP contribution < -0.4 is 5.32 Å². The molecule has 0 spiro atoms. The molecule has 154 valence electrons. The molecule has 1 fully saturated rings. The second-order valence-corrected chi connectivity index (χ2v) is 6.82. The Morgan fingerprint density at radius 2 is 2.04 bits per heavy atom. The van der Waals surface area contributed by atoms with Gasteiger partial charge in [0.2, 0.25) is 0 Å². The number of halogens is 1. The Morgan fingerprint density at radius 1 is 1.32 bits per heavy atom. The number of carbonyl (C=O) groups is 1. The topological polar surface area (TPSA) is 71.8 Å². The summed E-state index contributed by atoms with van der Waals surface area (Å²) >= 11 is 0. The third-order valence-corrected chi connectivity index (χ3v) is 5.09. The number of piperidine rings is 1. The van der Waals surface area contributed by atoms with Crippen molar-refractivity contribution in [1.29, 1.82) is 0 Å². The van der Waals surface area contributed by atoms with Gasteiger partial charge >= 0.3 is 5.97 Å². The van der Waals surface area contributed by atoms with Gasteiger partial charge in [0.1, 0.15) is 5.82 Å². The average molecular weight is 499 g/mol. The molecule has 0 radical (unpaired) electrons. The number of benzene rings is 1. The number of guanidine groups is 1. The Kier molecular flexibility index (Phi) is 8.53. The Bertz CT molecular complexity index is 812. The zero-order valence-electron chi connectivity index (χ0n) is 16.9. The Morgan fingerprint density at radius 3 is 2.71 bits per heavy atom. The molecule has 7 nitrogen and oxygen atoms in total. The Labute approximate surface area is 183 Å². The van der Waals surface area contributed by atoms with Crippen LogP contribution in [0, 0.1) is 12.8 Å². The second-order valence-electron chi connectivity index (χ2n) is 6.82. The molecule has 8 heteroatoms. The van der Waals surface area contributed by atoms with Crippen molar-refractivity contribution in [1.82, 2.24) is 19.8 Å². The van der Waals surface area contributed by atoms with Crippen LogP contribution in [0.3, 0.4) is 0 Å². The number of aromatic nitrogens is 2. The van der Waals surface area contributed by atoms with Gasteiger partial charge in [-0.1, -0.05) is 12.1 Å². The van der Waals surface area contributed by atoms with Crippen LogP contribution in [-0.4, -0.2) is 59.7 Å². The molecule has 1 aromatic carbocycles. The minimum Gasteiger partial charge on any atom is -0.469 e. The second kappa shape index (κ2) is 10.6. The number of esters is 1. The van der Waals surface area contributed by atoms with Crippen LogP contribution in [0.4, 0.5) is 0 Å². The summed E-state index contributed by atoms with van der Waals surface area (Å²) in [6, 6.07) is 8.19. The Hall–Kier alpha value is -1.84. The number of aliphatic imine (C=N–C) groups is 1. The van der Waals surface area contributed by atoms with Gasteiger partial charge in [0.05, 0.1) is 30.6 Å². The van der Waals surface area contributed by atoms with E-state index in [9.17, 15) is 4.79 Å². The van der Waals surface area contributed by atoms with E-state index in [4.69, 9.17) is 9.73 Å². The average Bonchev–Trinajstić information content (AvgIpc) is 3.02. The molecule has 3 rings (SSSR count). The van der Waals surface area contributed by atoms with Crippen molar-refractivity contribution in [3.8, 4) is 0 Å². The molecule has 2 aromatic rings. The fourth-order valence-corrected chi connectivity index (χ4v) is 3.65. The van der Waals surface area contributed by atoms with Crippen LogP contribution in [0.2, 0.25) is 0 Å². The molecule has 0 atom stereocenters. The smallest absolute Gasteiger partial charge is 0.308 e. The number of para-hydroxylation sites is 2. The number of fused-ring (bicyclic) bond motifs is 1. The summed E-state index contributed by atoms with van der Waals surface area (Å²) in [6.45, 7) is 8.04. The Balaban J connectivity index is 0.00000280. The van der Waals surface area contributed by atoms with Crippen molar-refractivity contribution >= 4 is 46.9 Å². The van der Waals surface area contributed by atoms with E-state index in [0.717, 1.165) is 61.8 Å². The molecule has 0 saturated carbocycles. The third-order valence-electron chi connectivity index (χ3n) is 5.09. The zero-order valence-corrected chi connectivity index (χ0v) is 19.2. The molecule has 28 heavy (non-hydrogen) atoms. The third kappa shape index (κ3) is 5.15. The first-order valence-electron chi connectivity index (χ1n) is 9.67. The quantitative estimate of drug-likeness (QED) is 0.297. The van der Waals surface area contributed by atoms with E-state index in [1.54, 1.807) is 0 Å². The fraction of sp³-hybridized carbons (Fsp3) is 0.550. The number of ether oxygens (including phenoxy) is 1. The van der Waals surface area contributed by atoms with Gasteiger partial charge in [-0.25, -0.2) is 4.98 Å². The molecule has 1 N–H and O–H groups in total. The molecule has 0 amide bonds. The van der Waals surface area contributed by atoms with Crippen molar-refractivity contribution in [3.63, 3.8) is 0 Å². The first-order valence-corrected chi connectivity index (χ1v) is 9.67. The summed E-state index contributed by atoms with van der Waals surface area (Å²) in [5.74, 6) is 1.84. The van der Waals surface area contributed by atoms with Gasteiger partial charge in [-0.3, -0.25) is 9.79 Å². The van der Waals surface area contributed by atoms with Crippen molar-refractivity contribution in [3.05, 3.63) is 30.1 Å². The van der Waals surface area contributed by atoms with Gasteiger partial charge in [0, 0.05) is 26.2 Å². The summed E-state index contributed by atoms with van der Waals surface area (Å²) in [5, 5.41) is 3.38. The summed E-state index contributed by atoms with van der Waals surface area (Å²) in [4.78, 5) is 23.4. The lowest BCUT2D eigenvalue weighted by Gasteiger charge is -2.33. The van der Waals surface area contributed by atoms with Crippen LogP contribution in [0.25, 0.3) is 11.0 Å². The highest BCUT2D eigenvalue weighted by Gasteiger charge is 2.26. The van der Waals surface area contributed by atoms with Gasteiger partial charge in [0.15, 0.2) is 5.96 Å². The maximum absolute atomic E-state index is 11.7. The van der Waals surface area contributed by atoms with Gasteiger partial charge < -0.3 is 19.5 Å². The van der Waals surface area contributed by atoms with E-state index < -0.39 is 0 Å². The minimum absolute atomic E-state index is 0. The lowest BCUT2D eigenvalue weighted by atomic mass is 9.97. The number of methoxy groups -OCH3 is 1. The first kappa shape index (κ1) is 22.4. The number of carbonyl (C=O) groups excluding carboxylic acids is 1. The van der Waals surface area contributed by atoms with E-state index in [1.165, 1.54) is 7.11 Å². The zero-order chi connectivity index (χ0) is 19.2. The molecular weight excluding hydrogens is 469 g/mol. The van der Waals surface area contributed by atoms with E-state index in [0.29, 0.717) is 6.54 Å². The van der Waals surface area contributed by atoms with Crippen LogP contribution >= 0.6 is 24.0 Å². The molecule has 0 bridgehead atoms. The molecular formula is C20H30IN5O2. The number of nitrogens with one attached hydrogen (secondary N) is 1. The number of rotatable bonds is 5. The molecule has 1 aliphatic heterocycles. The number of hydrogen-bond donors (Lipinski definition) is 1. The van der Waals surface area contributed by atoms with Crippen molar-refractivity contribution in [2.24, 2.45) is 10.9 Å². The summed E-state index contributed by atoms with van der Waals surface area (Å²) in [5.41, 5.74) is 2.17. The van der Waals surface area contributed by atoms with Gasteiger partial charge in [-0.15, -0.1) is 24.0 Å². The van der Waals surface area contributed by atoms with Crippen molar-refractivity contribution < 1.29 is 9.53 Å². The number of imidazole rings is 1. The standard InChI is InChI=1S/C20H29N5O2.HI/c1-4-21-20(24-12-9-16(10-13-24)19(26)27-3)22-11-14-25-15(2)23-17-7-5-6-8-18(17)25;/h5-8,16H,4,9-14H2,1-3H3,(H,21,22);1H. The van der Waals surface area contributed by atoms with Crippen molar-refractivity contribution in [2.75, 3.05) is 33.3 Å². The maximum atomic E-state index is 11.7. The number of hydrogen-bond acceptors (Lipinski definition) is 4. The highest BCUT2D eigenvalue weighted by Crippen LogP contribution is 2.19. The number of nitrogens with zero attached hydrogens (tertiary/aromatic N) is 4. The number of likely N-dealkylation sites (tertiary alicyclic amines) is 1. The summed E-state index contributed by atoms with van der Waals surface area (Å²) in [6.07, 6.45) is 1.62. The van der Waals surface area contributed by atoms with Crippen LogP contribution in [0.5, 0.6) is 0 Å². The van der Waals surface area contributed by atoms with Crippen LogP contribution in [0.1, 0.15) is 25.6 Å². The molecule has 0 aliphatic carbocycles. The number of aryl methyl sites for hydroxylation is 1. The van der Waals surface area contributed by atoms with E-state index in [2.05, 4.69) is 32.8 Å². The highest BCUT2D eigenvalue weighted by atomic mass is 127. The van der Waals surface area contributed by atoms with Gasteiger partial charge in [-0.05, 0) is 38.8 Å². The SMILES string of the molecule is CCNC(=NCCn1c(C)nc2ccccc21)N1CCC(C(=O)OC)CC1.I. The molecule has 1 aromatic heterocycles.